The largest absolute Gasteiger partial charge is 0.493 e. The first kappa shape index (κ1) is 19.4. The van der Waals surface area contributed by atoms with Crippen molar-refractivity contribution in [3.63, 3.8) is 0 Å². The van der Waals surface area contributed by atoms with Gasteiger partial charge in [-0.3, -0.25) is 4.79 Å². The zero-order valence-electron chi connectivity index (χ0n) is 16.9. The van der Waals surface area contributed by atoms with Crippen LogP contribution in [0.2, 0.25) is 0 Å². The Balaban J connectivity index is 1.43. The third kappa shape index (κ3) is 4.07. The van der Waals surface area contributed by atoms with Crippen molar-refractivity contribution < 1.29 is 14.3 Å². The maximum atomic E-state index is 12.5. The van der Waals surface area contributed by atoms with E-state index in [1.807, 2.05) is 55.5 Å². The van der Waals surface area contributed by atoms with Crippen LogP contribution in [-0.4, -0.2) is 38.9 Å². The van der Waals surface area contributed by atoms with Crippen LogP contribution in [0, 0.1) is 6.92 Å². The average molecular weight is 403 g/mol. The molecule has 30 heavy (non-hydrogen) atoms. The SMILES string of the molecule is COc1cc(C)ccc1OC(C)C(=O)Nc1ccc(-c2ccc3nncn3n2)cc1. The third-order valence-electron chi connectivity index (χ3n) is 4.60. The van der Waals surface area contributed by atoms with Crippen LogP contribution in [0.15, 0.2) is 60.9 Å². The molecule has 8 heteroatoms. The Kier molecular flexibility index (Phi) is 5.30. The summed E-state index contributed by atoms with van der Waals surface area (Å²) >= 11 is 0. The number of nitrogens with one attached hydrogen (secondary N) is 1. The number of ether oxygens (including phenoxy) is 2. The normalized spacial score (nSPS) is 11.8. The van der Waals surface area contributed by atoms with Gasteiger partial charge in [0.1, 0.15) is 6.33 Å². The average Bonchev–Trinajstić information content (AvgIpc) is 3.23. The predicted octanol–water partition coefficient (Wildman–Crippen LogP) is 3.51. The van der Waals surface area contributed by atoms with E-state index >= 15 is 0 Å². The minimum Gasteiger partial charge on any atom is -0.493 e. The number of hydrogen-bond acceptors (Lipinski definition) is 6. The van der Waals surface area contributed by atoms with Gasteiger partial charge in [0.25, 0.3) is 5.91 Å². The Morgan fingerprint density at radius 2 is 1.87 bits per heavy atom. The number of hydrogen-bond donors (Lipinski definition) is 1. The number of rotatable bonds is 6. The number of aryl methyl sites for hydroxylation is 1. The molecule has 1 unspecified atom stereocenters. The number of fused-ring (bicyclic) bond motifs is 1. The molecule has 0 fully saturated rings. The summed E-state index contributed by atoms with van der Waals surface area (Å²) in [5.74, 6) is 0.863. The van der Waals surface area contributed by atoms with Crippen LogP contribution in [-0.2, 0) is 4.79 Å². The lowest BCUT2D eigenvalue weighted by Crippen LogP contribution is -2.30. The number of amides is 1. The van der Waals surface area contributed by atoms with E-state index in [4.69, 9.17) is 9.47 Å². The van der Waals surface area contributed by atoms with Crippen molar-refractivity contribution in [3.8, 4) is 22.8 Å². The Bertz CT molecular complexity index is 1190. The van der Waals surface area contributed by atoms with Crippen LogP contribution in [0.1, 0.15) is 12.5 Å². The van der Waals surface area contributed by atoms with E-state index in [1.165, 1.54) is 0 Å². The maximum absolute atomic E-state index is 12.5. The summed E-state index contributed by atoms with van der Waals surface area (Å²) in [5, 5.41) is 15.1. The summed E-state index contributed by atoms with van der Waals surface area (Å²) in [6.07, 6.45) is 0.858. The second-order valence-corrected chi connectivity index (χ2v) is 6.83. The predicted molar refractivity (Wildman–Crippen MR) is 113 cm³/mol. The van der Waals surface area contributed by atoms with Gasteiger partial charge >= 0.3 is 0 Å². The fraction of sp³-hybridized carbons (Fsp3) is 0.182. The zero-order valence-corrected chi connectivity index (χ0v) is 16.9. The smallest absolute Gasteiger partial charge is 0.265 e. The fourth-order valence-electron chi connectivity index (χ4n) is 2.97. The van der Waals surface area contributed by atoms with Gasteiger partial charge in [0, 0.05) is 11.3 Å². The summed E-state index contributed by atoms with van der Waals surface area (Å²) in [6.45, 7) is 3.66. The van der Waals surface area contributed by atoms with Crippen LogP contribution in [0.3, 0.4) is 0 Å². The van der Waals surface area contributed by atoms with E-state index in [0.29, 0.717) is 22.8 Å². The molecule has 0 aliphatic carbocycles. The number of carbonyl (C=O) groups is 1. The maximum Gasteiger partial charge on any atom is 0.265 e. The molecule has 0 saturated heterocycles. The summed E-state index contributed by atoms with van der Waals surface area (Å²) in [4.78, 5) is 12.5. The molecule has 0 aliphatic rings. The van der Waals surface area contributed by atoms with Crippen molar-refractivity contribution in [3.05, 3.63) is 66.5 Å². The van der Waals surface area contributed by atoms with Crippen LogP contribution in [0.5, 0.6) is 11.5 Å². The standard InChI is InChI=1S/C22H21N5O3/c1-14-4-10-19(20(12-14)29-3)30-15(2)22(28)24-17-7-5-16(6-8-17)18-9-11-21-25-23-13-27(21)26-18/h4-13,15H,1-3H3,(H,24,28). The van der Waals surface area contributed by atoms with Crippen LogP contribution >= 0.6 is 0 Å². The molecule has 4 rings (SSSR count). The highest BCUT2D eigenvalue weighted by Gasteiger charge is 2.17. The van der Waals surface area contributed by atoms with E-state index in [-0.39, 0.29) is 5.91 Å². The number of aromatic nitrogens is 4. The Morgan fingerprint density at radius 3 is 2.63 bits per heavy atom. The summed E-state index contributed by atoms with van der Waals surface area (Å²) < 4.78 is 12.7. The second-order valence-electron chi connectivity index (χ2n) is 6.83. The van der Waals surface area contributed by atoms with Gasteiger partial charge in [-0.2, -0.15) is 9.61 Å². The molecule has 2 aromatic heterocycles. The molecule has 8 nitrogen and oxygen atoms in total. The highest BCUT2D eigenvalue weighted by Crippen LogP contribution is 2.29. The molecule has 0 bridgehead atoms. The van der Waals surface area contributed by atoms with Gasteiger partial charge < -0.3 is 14.8 Å². The van der Waals surface area contributed by atoms with E-state index in [2.05, 4.69) is 20.6 Å². The lowest BCUT2D eigenvalue weighted by molar-refractivity contribution is -0.122. The molecule has 0 spiro atoms. The second kappa shape index (κ2) is 8.20. The molecule has 0 saturated carbocycles. The number of methoxy groups -OCH3 is 1. The molecule has 0 aliphatic heterocycles. The van der Waals surface area contributed by atoms with Gasteiger partial charge in [0.2, 0.25) is 0 Å². The van der Waals surface area contributed by atoms with Crippen molar-refractivity contribution in [2.24, 2.45) is 0 Å². The molecule has 1 atom stereocenters. The molecule has 2 aromatic carbocycles. The number of carbonyl (C=O) groups excluding carboxylic acids is 1. The minimum absolute atomic E-state index is 0.255. The fourth-order valence-corrected chi connectivity index (χ4v) is 2.97. The summed E-state index contributed by atoms with van der Waals surface area (Å²) in [7, 11) is 1.57. The molecule has 0 radical (unpaired) electrons. The first-order chi connectivity index (χ1) is 14.5. The molecule has 1 N–H and O–H groups in total. The molecule has 1 amide bonds. The van der Waals surface area contributed by atoms with Gasteiger partial charge in [-0.1, -0.05) is 18.2 Å². The summed E-state index contributed by atoms with van der Waals surface area (Å²) in [5.41, 5.74) is 4.09. The van der Waals surface area contributed by atoms with E-state index < -0.39 is 6.10 Å². The molecule has 4 aromatic rings. The van der Waals surface area contributed by atoms with Gasteiger partial charge in [0.15, 0.2) is 23.3 Å². The first-order valence-electron chi connectivity index (χ1n) is 9.43. The first-order valence-corrected chi connectivity index (χ1v) is 9.43. The van der Waals surface area contributed by atoms with Crippen molar-refractivity contribution in [1.82, 2.24) is 19.8 Å². The van der Waals surface area contributed by atoms with Crippen molar-refractivity contribution >= 4 is 17.2 Å². The Labute approximate surface area is 173 Å². The number of anilines is 1. The quantitative estimate of drug-likeness (QED) is 0.530. The zero-order chi connectivity index (χ0) is 21.1. The summed E-state index contributed by atoms with van der Waals surface area (Å²) in [6, 6.07) is 16.7. The molecular formula is C22H21N5O3. The third-order valence-corrected chi connectivity index (χ3v) is 4.60. The van der Waals surface area contributed by atoms with Gasteiger partial charge in [-0.05, 0) is 55.8 Å². The van der Waals surface area contributed by atoms with E-state index in [1.54, 1.807) is 30.9 Å². The van der Waals surface area contributed by atoms with E-state index in [9.17, 15) is 4.79 Å². The van der Waals surface area contributed by atoms with Gasteiger partial charge in [-0.25, -0.2) is 0 Å². The van der Waals surface area contributed by atoms with E-state index in [0.717, 1.165) is 16.8 Å². The van der Waals surface area contributed by atoms with Crippen LogP contribution < -0.4 is 14.8 Å². The van der Waals surface area contributed by atoms with Crippen molar-refractivity contribution in [2.75, 3.05) is 12.4 Å². The monoisotopic (exact) mass is 403 g/mol. The number of nitrogens with zero attached hydrogens (tertiary/aromatic N) is 4. The van der Waals surface area contributed by atoms with Crippen molar-refractivity contribution in [1.29, 1.82) is 0 Å². The lowest BCUT2D eigenvalue weighted by Gasteiger charge is -2.17. The molecule has 152 valence electrons. The number of benzene rings is 2. The topological polar surface area (TPSA) is 90.6 Å². The molecule has 2 heterocycles. The Morgan fingerprint density at radius 1 is 1.07 bits per heavy atom. The van der Waals surface area contributed by atoms with Gasteiger partial charge in [-0.15, -0.1) is 10.2 Å². The Hall–Kier alpha value is -3.94. The highest BCUT2D eigenvalue weighted by molar-refractivity contribution is 5.94. The molecular weight excluding hydrogens is 382 g/mol. The van der Waals surface area contributed by atoms with Crippen LogP contribution in [0.4, 0.5) is 5.69 Å². The van der Waals surface area contributed by atoms with Crippen LogP contribution in [0.25, 0.3) is 16.9 Å². The van der Waals surface area contributed by atoms with Crippen molar-refractivity contribution in [2.45, 2.75) is 20.0 Å². The lowest BCUT2D eigenvalue weighted by atomic mass is 10.1. The minimum atomic E-state index is -0.695. The highest BCUT2D eigenvalue weighted by atomic mass is 16.5. The van der Waals surface area contributed by atoms with Gasteiger partial charge in [0.05, 0.1) is 12.8 Å².